The van der Waals surface area contributed by atoms with Gasteiger partial charge in [0.25, 0.3) is 17.7 Å². The fourth-order valence-electron chi connectivity index (χ4n) is 5.89. The van der Waals surface area contributed by atoms with Gasteiger partial charge < -0.3 is 20.1 Å². The molecule has 1 atom stereocenters. The number of hydrogen-bond acceptors (Lipinski definition) is 8. The van der Waals surface area contributed by atoms with E-state index in [4.69, 9.17) is 4.98 Å². The maximum Gasteiger partial charge on any atom is 0.272 e. The van der Waals surface area contributed by atoms with Crippen molar-refractivity contribution in [3.05, 3.63) is 76.9 Å². The highest BCUT2D eigenvalue weighted by atomic mass is 16.2. The number of nitrogens with one attached hydrogen (secondary N) is 2. The van der Waals surface area contributed by atoms with Gasteiger partial charge >= 0.3 is 0 Å². The highest BCUT2D eigenvalue weighted by Gasteiger charge is 2.41. The van der Waals surface area contributed by atoms with Crippen LogP contribution < -0.4 is 15.5 Å². The summed E-state index contributed by atoms with van der Waals surface area (Å²) in [5.74, 6) is 0.817. The average Bonchev–Trinajstić information content (AvgIpc) is 3.50. The Labute approximate surface area is 237 Å². The number of carbonyl (C=O) groups is 3. The van der Waals surface area contributed by atoms with Crippen molar-refractivity contribution in [3.8, 4) is 0 Å². The van der Waals surface area contributed by atoms with Crippen LogP contribution in [0.4, 0.5) is 11.8 Å². The van der Waals surface area contributed by atoms with Gasteiger partial charge in [-0.25, -0.2) is 9.97 Å². The number of para-hydroxylation sites is 1. The molecular weight excluding hydrogens is 520 g/mol. The topological polar surface area (TPSA) is 125 Å². The molecule has 1 unspecified atom stereocenters. The second kappa shape index (κ2) is 10.6. The number of carbonyl (C=O) groups excluding carboxylic acids is 3. The third kappa shape index (κ3) is 4.56. The van der Waals surface area contributed by atoms with Crippen molar-refractivity contribution in [2.75, 3.05) is 30.4 Å². The van der Waals surface area contributed by atoms with Crippen molar-refractivity contribution in [1.29, 1.82) is 0 Å². The molecule has 2 aromatic carbocycles. The lowest BCUT2D eigenvalue weighted by Crippen LogP contribution is -2.50. The summed E-state index contributed by atoms with van der Waals surface area (Å²) in [5, 5.41) is 7.01. The van der Waals surface area contributed by atoms with Crippen LogP contribution in [-0.2, 0) is 13.1 Å². The lowest BCUT2D eigenvalue weighted by molar-refractivity contribution is 0.0569. The van der Waals surface area contributed by atoms with Gasteiger partial charge in [-0.3, -0.25) is 19.3 Å². The predicted molar refractivity (Wildman–Crippen MR) is 155 cm³/mol. The number of rotatable bonds is 7. The molecule has 41 heavy (non-hydrogen) atoms. The smallest absolute Gasteiger partial charge is 0.272 e. The summed E-state index contributed by atoms with van der Waals surface area (Å²) < 4.78 is 1.87. The number of hydrogen-bond donors (Lipinski definition) is 2. The van der Waals surface area contributed by atoms with Crippen LogP contribution >= 0.6 is 0 Å². The van der Waals surface area contributed by atoms with Gasteiger partial charge in [0.15, 0.2) is 11.5 Å². The molecule has 1 saturated heterocycles. The molecule has 2 aromatic heterocycles. The van der Waals surface area contributed by atoms with Gasteiger partial charge in [-0.1, -0.05) is 30.3 Å². The largest absolute Gasteiger partial charge is 0.371 e. The predicted octanol–water partition coefficient (Wildman–Crippen LogP) is 3.39. The second-order valence-corrected chi connectivity index (χ2v) is 10.3. The molecule has 0 saturated carbocycles. The fourth-order valence-corrected chi connectivity index (χ4v) is 5.89. The van der Waals surface area contributed by atoms with Crippen molar-refractivity contribution >= 4 is 40.4 Å². The van der Waals surface area contributed by atoms with E-state index >= 15 is 0 Å². The molecule has 11 nitrogen and oxygen atoms in total. The summed E-state index contributed by atoms with van der Waals surface area (Å²) in [6, 6.07) is 14.5. The summed E-state index contributed by atoms with van der Waals surface area (Å²) in [5.41, 5.74) is 3.00. The fraction of sp³-hybridized carbons (Fsp3) is 0.333. The van der Waals surface area contributed by atoms with Crippen LogP contribution in [0.15, 0.2) is 48.5 Å². The summed E-state index contributed by atoms with van der Waals surface area (Å²) in [4.78, 5) is 57.2. The van der Waals surface area contributed by atoms with Crippen molar-refractivity contribution in [2.45, 2.75) is 45.8 Å². The Kier molecular flexibility index (Phi) is 6.86. The Morgan fingerprint density at radius 1 is 1.00 bits per heavy atom. The third-order valence-corrected chi connectivity index (χ3v) is 7.83. The zero-order valence-corrected chi connectivity index (χ0v) is 23.3. The van der Waals surface area contributed by atoms with E-state index in [0.717, 1.165) is 23.0 Å². The van der Waals surface area contributed by atoms with Crippen LogP contribution in [0.3, 0.4) is 0 Å². The number of aryl methyl sites for hydroxylation is 1. The standard InChI is InChI=1S/C30H32N8O3/c1-4-37-25(27(39)32-16-24-33-18(2)20-11-7-8-14-23(20)34-24)26(31-3)35-30(37)36-15-9-10-19(17-36)38-28(40)21-12-5-6-13-22(21)29(38)41/h5-8,11-14,19,31H,4,9-10,15-17H2,1-3H3,(H,32,39). The third-order valence-electron chi connectivity index (χ3n) is 7.83. The zero-order valence-electron chi connectivity index (χ0n) is 23.3. The first-order valence-corrected chi connectivity index (χ1v) is 13.9. The summed E-state index contributed by atoms with van der Waals surface area (Å²) in [6.45, 7) is 5.71. The lowest BCUT2D eigenvalue weighted by atomic mass is 10.0. The Balaban J connectivity index is 1.23. The first-order valence-electron chi connectivity index (χ1n) is 13.9. The molecule has 6 rings (SSSR count). The van der Waals surface area contributed by atoms with Crippen molar-refractivity contribution in [3.63, 3.8) is 0 Å². The number of imidazole rings is 1. The van der Waals surface area contributed by atoms with Gasteiger partial charge in [-0.05, 0) is 44.9 Å². The molecule has 210 valence electrons. The first kappa shape index (κ1) is 26.4. The molecule has 11 heteroatoms. The van der Waals surface area contributed by atoms with Crippen LogP contribution in [0, 0.1) is 6.92 Å². The van der Waals surface area contributed by atoms with E-state index in [0.29, 0.717) is 60.5 Å². The van der Waals surface area contributed by atoms with E-state index in [1.54, 1.807) is 31.3 Å². The second-order valence-electron chi connectivity index (χ2n) is 10.3. The molecule has 3 amide bonds. The van der Waals surface area contributed by atoms with E-state index in [9.17, 15) is 14.4 Å². The maximum atomic E-state index is 13.5. The van der Waals surface area contributed by atoms with E-state index in [2.05, 4.69) is 25.5 Å². The zero-order chi connectivity index (χ0) is 28.7. The van der Waals surface area contributed by atoms with Crippen LogP contribution in [0.5, 0.6) is 0 Å². The molecule has 0 radical (unpaired) electrons. The number of imide groups is 1. The van der Waals surface area contributed by atoms with Crippen LogP contribution in [0.25, 0.3) is 10.9 Å². The molecule has 0 spiro atoms. The van der Waals surface area contributed by atoms with Crippen molar-refractivity contribution < 1.29 is 14.4 Å². The van der Waals surface area contributed by atoms with Gasteiger partial charge in [0.2, 0.25) is 5.95 Å². The number of piperidine rings is 1. The average molecular weight is 553 g/mol. The van der Waals surface area contributed by atoms with E-state index in [1.165, 1.54) is 4.90 Å². The molecule has 4 heterocycles. The lowest BCUT2D eigenvalue weighted by Gasteiger charge is -2.37. The number of aromatic nitrogens is 4. The Hall–Kier alpha value is -4.80. The molecule has 4 aromatic rings. The minimum atomic E-state index is -0.293. The number of anilines is 2. The normalized spacial score (nSPS) is 16.8. The monoisotopic (exact) mass is 552 g/mol. The van der Waals surface area contributed by atoms with E-state index < -0.39 is 0 Å². The highest BCUT2D eigenvalue weighted by Crippen LogP contribution is 2.31. The minimum absolute atomic E-state index is 0.170. The van der Waals surface area contributed by atoms with Gasteiger partial charge in [0.05, 0.1) is 29.2 Å². The molecule has 1 fully saturated rings. The summed E-state index contributed by atoms with van der Waals surface area (Å²) in [7, 11) is 1.73. The van der Waals surface area contributed by atoms with E-state index in [1.807, 2.05) is 42.7 Å². The SMILES string of the molecule is CCn1c(N2CCCC(N3C(=O)c4ccccc4C3=O)C2)nc(NC)c1C(=O)NCc1nc(C)c2ccccc2n1. The van der Waals surface area contributed by atoms with Gasteiger partial charge in [-0.15, -0.1) is 0 Å². The number of fused-ring (bicyclic) bond motifs is 2. The Morgan fingerprint density at radius 2 is 1.71 bits per heavy atom. The summed E-state index contributed by atoms with van der Waals surface area (Å²) >= 11 is 0. The molecule has 0 bridgehead atoms. The number of amides is 3. The van der Waals surface area contributed by atoms with Gasteiger partial charge in [0.1, 0.15) is 5.82 Å². The van der Waals surface area contributed by atoms with E-state index in [-0.39, 0.29) is 30.3 Å². The minimum Gasteiger partial charge on any atom is -0.371 e. The quantitative estimate of drug-likeness (QED) is 0.334. The molecule has 2 aliphatic rings. The van der Waals surface area contributed by atoms with Crippen LogP contribution in [0.1, 0.15) is 62.5 Å². The highest BCUT2D eigenvalue weighted by molar-refractivity contribution is 6.21. The Morgan fingerprint density at radius 3 is 2.41 bits per heavy atom. The molecular formula is C30H32N8O3. The van der Waals surface area contributed by atoms with Crippen LogP contribution in [0.2, 0.25) is 0 Å². The van der Waals surface area contributed by atoms with Gasteiger partial charge in [-0.2, -0.15) is 4.98 Å². The molecule has 2 N–H and O–H groups in total. The van der Waals surface area contributed by atoms with Crippen LogP contribution in [-0.4, -0.2) is 68.3 Å². The maximum absolute atomic E-state index is 13.5. The molecule has 0 aliphatic carbocycles. The van der Waals surface area contributed by atoms with Gasteiger partial charge in [0, 0.05) is 37.8 Å². The summed E-state index contributed by atoms with van der Waals surface area (Å²) in [6.07, 6.45) is 1.50. The Bertz CT molecular complexity index is 1640. The number of benzene rings is 2. The van der Waals surface area contributed by atoms with Crippen molar-refractivity contribution in [2.24, 2.45) is 0 Å². The molecule has 2 aliphatic heterocycles. The first-order chi connectivity index (χ1) is 19.9. The van der Waals surface area contributed by atoms with Crippen molar-refractivity contribution in [1.82, 2.24) is 29.7 Å². The number of nitrogens with zero attached hydrogens (tertiary/aromatic N) is 6.